The van der Waals surface area contributed by atoms with Crippen LogP contribution in [0.1, 0.15) is 10.5 Å². The minimum Gasteiger partial charge on any atom is -0.335 e. The van der Waals surface area contributed by atoms with E-state index < -0.39 is 0 Å². The number of piperazine rings is 1. The van der Waals surface area contributed by atoms with Gasteiger partial charge in [0.15, 0.2) is 5.69 Å². The van der Waals surface area contributed by atoms with Gasteiger partial charge in [-0.1, -0.05) is 36.4 Å². The number of fused-ring (bicyclic) bond motifs is 1. The molecular formula is C23H25N5O2S. The number of aromatic nitrogens is 2. The summed E-state index contributed by atoms with van der Waals surface area (Å²) in [6, 6.07) is 15.4. The molecule has 3 aromatic rings. The van der Waals surface area contributed by atoms with E-state index in [1.807, 2.05) is 54.6 Å². The van der Waals surface area contributed by atoms with E-state index in [1.54, 1.807) is 16.7 Å². The SMILES string of the molecule is C=CCSc1ccccc1NC(=O)CN1CCN(C(=O)c2n[nH]c3ccccc23)CC1. The average molecular weight is 436 g/mol. The molecule has 160 valence electrons. The molecule has 0 bridgehead atoms. The molecule has 0 atom stereocenters. The largest absolute Gasteiger partial charge is 0.335 e. The molecule has 1 aliphatic heterocycles. The molecule has 1 aromatic heterocycles. The topological polar surface area (TPSA) is 81.3 Å². The monoisotopic (exact) mass is 435 g/mol. The number of thioether (sulfide) groups is 1. The Hall–Kier alpha value is -3.10. The lowest BCUT2D eigenvalue weighted by atomic mass is 10.2. The first kappa shape index (κ1) is 21.1. The standard InChI is InChI=1S/C23H25N5O2S/c1-2-15-31-20-10-6-5-9-19(20)24-21(29)16-27-11-13-28(14-12-27)23(30)22-17-7-3-4-8-18(17)25-26-22/h2-10H,1,11-16H2,(H,24,29)(H,25,26). The number of para-hydroxylation sites is 2. The zero-order valence-electron chi connectivity index (χ0n) is 17.2. The van der Waals surface area contributed by atoms with E-state index in [-0.39, 0.29) is 11.8 Å². The summed E-state index contributed by atoms with van der Waals surface area (Å²) < 4.78 is 0. The number of carbonyl (C=O) groups is 2. The summed E-state index contributed by atoms with van der Waals surface area (Å²) in [5, 5.41) is 11.0. The van der Waals surface area contributed by atoms with Crippen molar-refractivity contribution in [1.82, 2.24) is 20.0 Å². The van der Waals surface area contributed by atoms with Crippen LogP contribution in [0.15, 0.2) is 66.1 Å². The summed E-state index contributed by atoms with van der Waals surface area (Å²) in [5.41, 5.74) is 2.13. The summed E-state index contributed by atoms with van der Waals surface area (Å²) in [7, 11) is 0. The Kier molecular flexibility index (Phi) is 6.69. The summed E-state index contributed by atoms with van der Waals surface area (Å²) >= 11 is 1.64. The Morgan fingerprint density at radius 2 is 1.84 bits per heavy atom. The van der Waals surface area contributed by atoms with E-state index in [9.17, 15) is 9.59 Å². The van der Waals surface area contributed by atoms with Crippen LogP contribution in [-0.2, 0) is 4.79 Å². The maximum absolute atomic E-state index is 12.9. The van der Waals surface area contributed by atoms with Gasteiger partial charge in [-0.25, -0.2) is 0 Å². The fraction of sp³-hybridized carbons (Fsp3) is 0.261. The fourth-order valence-electron chi connectivity index (χ4n) is 3.62. The van der Waals surface area contributed by atoms with Gasteiger partial charge in [-0.2, -0.15) is 5.10 Å². The molecule has 2 aromatic carbocycles. The molecule has 31 heavy (non-hydrogen) atoms. The normalized spacial score (nSPS) is 14.5. The second-order valence-electron chi connectivity index (χ2n) is 7.33. The number of carbonyl (C=O) groups excluding carboxylic acids is 2. The predicted octanol–water partition coefficient (Wildman–Crippen LogP) is 3.24. The van der Waals surface area contributed by atoms with Crippen molar-refractivity contribution in [1.29, 1.82) is 0 Å². The number of amides is 2. The third-order valence-corrected chi connectivity index (χ3v) is 6.29. The number of benzene rings is 2. The van der Waals surface area contributed by atoms with Crippen LogP contribution in [0.4, 0.5) is 5.69 Å². The van der Waals surface area contributed by atoms with Crippen LogP contribution in [0.2, 0.25) is 0 Å². The molecule has 0 saturated carbocycles. The molecule has 4 rings (SSSR count). The van der Waals surface area contributed by atoms with Crippen LogP contribution >= 0.6 is 11.8 Å². The van der Waals surface area contributed by atoms with Crippen molar-refractivity contribution in [3.05, 3.63) is 66.9 Å². The molecule has 0 radical (unpaired) electrons. The van der Waals surface area contributed by atoms with Crippen LogP contribution in [-0.4, -0.2) is 70.3 Å². The molecule has 1 saturated heterocycles. The molecule has 8 heteroatoms. The molecular weight excluding hydrogens is 410 g/mol. The van der Waals surface area contributed by atoms with E-state index in [0.29, 0.717) is 38.4 Å². The second-order valence-corrected chi connectivity index (χ2v) is 8.39. The van der Waals surface area contributed by atoms with Crippen LogP contribution < -0.4 is 5.32 Å². The van der Waals surface area contributed by atoms with Gasteiger partial charge in [0, 0.05) is 42.2 Å². The minimum absolute atomic E-state index is 0.0512. The quantitative estimate of drug-likeness (QED) is 0.440. The maximum Gasteiger partial charge on any atom is 0.275 e. The summed E-state index contributed by atoms with van der Waals surface area (Å²) in [4.78, 5) is 30.4. The number of rotatable bonds is 7. The Labute approximate surface area is 185 Å². The van der Waals surface area contributed by atoms with Crippen molar-refractivity contribution in [2.75, 3.05) is 43.8 Å². The highest BCUT2D eigenvalue weighted by molar-refractivity contribution is 7.99. The van der Waals surface area contributed by atoms with E-state index in [2.05, 4.69) is 27.0 Å². The lowest BCUT2D eigenvalue weighted by Gasteiger charge is -2.34. The lowest BCUT2D eigenvalue weighted by molar-refractivity contribution is -0.117. The van der Waals surface area contributed by atoms with Gasteiger partial charge in [0.1, 0.15) is 0 Å². The Morgan fingerprint density at radius 1 is 1.10 bits per heavy atom. The molecule has 2 heterocycles. The van der Waals surface area contributed by atoms with Crippen molar-refractivity contribution in [3.63, 3.8) is 0 Å². The zero-order valence-corrected chi connectivity index (χ0v) is 18.0. The number of H-pyrrole nitrogens is 1. The van der Waals surface area contributed by atoms with Gasteiger partial charge in [0.05, 0.1) is 17.7 Å². The third-order valence-electron chi connectivity index (χ3n) is 5.22. The first-order valence-corrected chi connectivity index (χ1v) is 11.2. The number of hydrogen-bond acceptors (Lipinski definition) is 5. The molecule has 0 unspecified atom stereocenters. The minimum atomic E-state index is -0.0743. The van der Waals surface area contributed by atoms with Gasteiger partial charge in [-0.05, 0) is 18.2 Å². The van der Waals surface area contributed by atoms with E-state index in [4.69, 9.17) is 0 Å². The van der Waals surface area contributed by atoms with Gasteiger partial charge in [0.2, 0.25) is 5.91 Å². The summed E-state index contributed by atoms with van der Waals surface area (Å²) in [6.07, 6.45) is 1.84. The molecule has 7 nitrogen and oxygen atoms in total. The van der Waals surface area contributed by atoms with Crippen LogP contribution in [0.25, 0.3) is 10.9 Å². The second kappa shape index (κ2) is 9.80. The average Bonchev–Trinajstić information content (AvgIpc) is 3.23. The van der Waals surface area contributed by atoms with Gasteiger partial charge in [0.25, 0.3) is 5.91 Å². The Morgan fingerprint density at radius 3 is 2.65 bits per heavy atom. The molecule has 1 fully saturated rings. The number of aromatic amines is 1. The van der Waals surface area contributed by atoms with E-state index in [0.717, 1.165) is 27.2 Å². The van der Waals surface area contributed by atoms with Gasteiger partial charge < -0.3 is 10.2 Å². The van der Waals surface area contributed by atoms with Gasteiger partial charge >= 0.3 is 0 Å². The summed E-state index contributed by atoms with van der Waals surface area (Å²) in [5.74, 6) is 0.660. The lowest BCUT2D eigenvalue weighted by Crippen LogP contribution is -2.50. The van der Waals surface area contributed by atoms with Crippen molar-refractivity contribution < 1.29 is 9.59 Å². The van der Waals surface area contributed by atoms with E-state index >= 15 is 0 Å². The Balaban J connectivity index is 1.31. The molecule has 0 aliphatic carbocycles. The van der Waals surface area contributed by atoms with Crippen LogP contribution in [0, 0.1) is 0 Å². The number of hydrogen-bond donors (Lipinski definition) is 2. The highest BCUT2D eigenvalue weighted by atomic mass is 32.2. The van der Waals surface area contributed by atoms with Crippen molar-refractivity contribution in [2.45, 2.75) is 4.90 Å². The third kappa shape index (κ3) is 4.98. The number of anilines is 1. The summed E-state index contributed by atoms with van der Waals surface area (Å²) in [6.45, 7) is 6.48. The fourth-order valence-corrected chi connectivity index (χ4v) is 4.37. The van der Waals surface area contributed by atoms with Gasteiger partial charge in [-0.15, -0.1) is 18.3 Å². The molecule has 2 amide bonds. The van der Waals surface area contributed by atoms with Crippen LogP contribution in [0.3, 0.4) is 0 Å². The van der Waals surface area contributed by atoms with Crippen molar-refractivity contribution >= 4 is 40.2 Å². The highest BCUT2D eigenvalue weighted by Crippen LogP contribution is 2.27. The Bertz CT molecular complexity index is 1090. The predicted molar refractivity (Wildman–Crippen MR) is 124 cm³/mol. The van der Waals surface area contributed by atoms with Crippen molar-refractivity contribution in [3.8, 4) is 0 Å². The number of nitrogens with one attached hydrogen (secondary N) is 2. The van der Waals surface area contributed by atoms with Crippen LogP contribution in [0.5, 0.6) is 0 Å². The van der Waals surface area contributed by atoms with Crippen molar-refractivity contribution in [2.24, 2.45) is 0 Å². The zero-order chi connectivity index (χ0) is 21.6. The first-order valence-electron chi connectivity index (χ1n) is 10.2. The maximum atomic E-state index is 12.9. The molecule has 2 N–H and O–H groups in total. The van der Waals surface area contributed by atoms with E-state index in [1.165, 1.54) is 0 Å². The number of nitrogens with zero attached hydrogens (tertiary/aromatic N) is 3. The smallest absolute Gasteiger partial charge is 0.275 e. The molecule has 0 spiro atoms. The molecule has 1 aliphatic rings. The van der Waals surface area contributed by atoms with Gasteiger partial charge in [-0.3, -0.25) is 19.6 Å². The first-order chi connectivity index (χ1) is 15.2. The highest BCUT2D eigenvalue weighted by Gasteiger charge is 2.26.